The van der Waals surface area contributed by atoms with E-state index in [0.717, 1.165) is 23.9 Å². The Morgan fingerprint density at radius 1 is 1.69 bits per heavy atom. The zero-order valence-electron chi connectivity index (χ0n) is 8.93. The van der Waals surface area contributed by atoms with Crippen molar-refractivity contribution in [1.29, 1.82) is 0 Å². The molecule has 4 nitrogen and oxygen atoms in total. The maximum absolute atomic E-state index is 5.24. The summed E-state index contributed by atoms with van der Waals surface area (Å²) in [5.74, 6) is 3.23. The lowest BCUT2D eigenvalue weighted by Crippen LogP contribution is -2.34. The predicted octanol–water partition coefficient (Wildman–Crippen LogP) is 1.10. The summed E-state index contributed by atoms with van der Waals surface area (Å²) in [4.78, 5) is 2.18. The smallest absolute Gasteiger partial charge is 0.139 e. The minimum atomic E-state index is 0.634. The average Bonchev–Trinajstić information content (AvgIpc) is 2.74. The minimum Gasteiger partial charge on any atom is -0.378 e. The zero-order chi connectivity index (χ0) is 11.4. The fourth-order valence-corrected chi connectivity index (χ4v) is 2.83. The van der Waals surface area contributed by atoms with Gasteiger partial charge < -0.3 is 5.32 Å². The van der Waals surface area contributed by atoms with Gasteiger partial charge >= 0.3 is 0 Å². The second kappa shape index (κ2) is 5.34. The van der Waals surface area contributed by atoms with Crippen LogP contribution in [0.25, 0.3) is 5.57 Å². The second-order valence-electron chi connectivity index (χ2n) is 3.46. The number of nitrogens with zero attached hydrogens (tertiary/aromatic N) is 3. The first-order valence-corrected chi connectivity index (χ1v) is 6.53. The van der Waals surface area contributed by atoms with Crippen LogP contribution in [0.4, 0.5) is 0 Å². The van der Waals surface area contributed by atoms with Crippen molar-refractivity contribution in [3.8, 4) is 12.3 Å². The van der Waals surface area contributed by atoms with E-state index in [1.807, 2.05) is 6.20 Å². The molecule has 0 atom stereocenters. The van der Waals surface area contributed by atoms with Crippen molar-refractivity contribution in [2.45, 2.75) is 5.03 Å². The highest BCUT2D eigenvalue weighted by Crippen LogP contribution is 2.27. The fraction of sp³-hybridized carbons (Fsp3) is 0.400. The largest absolute Gasteiger partial charge is 0.378 e. The van der Waals surface area contributed by atoms with Gasteiger partial charge in [0.05, 0.1) is 24.1 Å². The van der Waals surface area contributed by atoms with Gasteiger partial charge in [-0.2, -0.15) is 8.75 Å². The van der Waals surface area contributed by atoms with Crippen molar-refractivity contribution in [2.75, 3.05) is 26.0 Å². The van der Waals surface area contributed by atoms with Gasteiger partial charge in [0.1, 0.15) is 10.7 Å². The molecule has 0 aliphatic carbocycles. The Labute approximate surface area is 103 Å². The van der Waals surface area contributed by atoms with E-state index in [1.54, 1.807) is 11.8 Å². The molecule has 0 amide bonds. The van der Waals surface area contributed by atoms with Crippen LogP contribution in [0.5, 0.6) is 0 Å². The first-order chi connectivity index (χ1) is 7.81. The summed E-state index contributed by atoms with van der Waals surface area (Å²) in [7, 11) is 2.06. The lowest BCUT2D eigenvalue weighted by atomic mass is 10.2. The van der Waals surface area contributed by atoms with Crippen LogP contribution in [0.2, 0.25) is 0 Å². The molecular formula is C10H12N4S2. The van der Waals surface area contributed by atoms with Crippen molar-refractivity contribution in [1.82, 2.24) is 19.0 Å². The van der Waals surface area contributed by atoms with Gasteiger partial charge in [0.25, 0.3) is 0 Å². The molecule has 1 N–H and O–H groups in total. The fourth-order valence-electron chi connectivity index (χ4n) is 1.44. The monoisotopic (exact) mass is 252 g/mol. The number of aromatic nitrogens is 2. The summed E-state index contributed by atoms with van der Waals surface area (Å²) in [6.45, 7) is 1.76. The van der Waals surface area contributed by atoms with Gasteiger partial charge in [-0.05, 0) is 7.05 Å². The number of likely N-dealkylation sites (N-methyl/N-ethyl adjacent to an activating group) is 1. The first kappa shape index (κ1) is 11.5. The quantitative estimate of drug-likeness (QED) is 0.644. The highest BCUT2D eigenvalue weighted by atomic mass is 32.2. The van der Waals surface area contributed by atoms with Gasteiger partial charge in [0.2, 0.25) is 0 Å². The summed E-state index contributed by atoms with van der Waals surface area (Å²) in [6, 6.07) is 0. The lowest BCUT2D eigenvalue weighted by molar-refractivity contribution is 0.349. The van der Waals surface area contributed by atoms with Gasteiger partial charge in [0.15, 0.2) is 0 Å². The molecule has 0 unspecified atom stereocenters. The Bertz CT molecular complexity index is 432. The predicted molar refractivity (Wildman–Crippen MR) is 68.1 cm³/mol. The number of thioether (sulfide) groups is 1. The van der Waals surface area contributed by atoms with E-state index in [9.17, 15) is 0 Å². The summed E-state index contributed by atoms with van der Waals surface area (Å²) in [5, 5.41) is 4.14. The Kier molecular flexibility index (Phi) is 3.83. The van der Waals surface area contributed by atoms with Gasteiger partial charge in [-0.3, -0.25) is 4.90 Å². The molecule has 1 aromatic rings. The molecule has 0 fully saturated rings. The van der Waals surface area contributed by atoms with E-state index < -0.39 is 0 Å². The molecule has 0 aromatic carbocycles. The normalized spacial score (nSPS) is 16.4. The third kappa shape index (κ3) is 2.55. The van der Waals surface area contributed by atoms with Gasteiger partial charge in [-0.1, -0.05) is 17.7 Å². The van der Waals surface area contributed by atoms with E-state index in [0.29, 0.717) is 5.75 Å². The molecule has 0 saturated heterocycles. The molecule has 1 aromatic heterocycles. The second-order valence-corrected chi connectivity index (χ2v) is 4.95. The van der Waals surface area contributed by atoms with E-state index in [4.69, 9.17) is 6.42 Å². The van der Waals surface area contributed by atoms with Crippen molar-refractivity contribution in [2.24, 2.45) is 0 Å². The van der Waals surface area contributed by atoms with Crippen LogP contribution in [-0.2, 0) is 0 Å². The molecule has 0 spiro atoms. The van der Waals surface area contributed by atoms with Crippen LogP contribution < -0.4 is 5.32 Å². The lowest BCUT2D eigenvalue weighted by Gasteiger charge is -2.23. The molecule has 16 heavy (non-hydrogen) atoms. The van der Waals surface area contributed by atoms with Crippen molar-refractivity contribution < 1.29 is 0 Å². The van der Waals surface area contributed by atoms with Crippen LogP contribution >= 0.6 is 23.5 Å². The molecular weight excluding hydrogens is 240 g/mol. The number of terminal acetylenes is 1. The number of hydrogen-bond acceptors (Lipinski definition) is 6. The molecule has 2 rings (SSSR count). The summed E-state index contributed by atoms with van der Waals surface area (Å²) in [6.07, 6.45) is 7.26. The van der Waals surface area contributed by atoms with Crippen molar-refractivity contribution in [3.63, 3.8) is 0 Å². The highest BCUT2D eigenvalue weighted by Gasteiger charge is 2.17. The molecule has 6 heteroatoms. The molecule has 0 saturated carbocycles. The summed E-state index contributed by atoms with van der Waals surface area (Å²) >= 11 is 2.80. The van der Waals surface area contributed by atoms with Crippen LogP contribution in [0, 0.1) is 12.3 Å². The maximum atomic E-state index is 5.24. The highest BCUT2D eigenvalue weighted by molar-refractivity contribution is 7.99. The van der Waals surface area contributed by atoms with E-state index in [-0.39, 0.29) is 0 Å². The minimum absolute atomic E-state index is 0.634. The van der Waals surface area contributed by atoms with Crippen molar-refractivity contribution >= 4 is 29.1 Å². The van der Waals surface area contributed by atoms with E-state index >= 15 is 0 Å². The number of rotatable bonds is 3. The van der Waals surface area contributed by atoms with Gasteiger partial charge in [0, 0.05) is 18.3 Å². The van der Waals surface area contributed by atoms with Gasteiger partial charge in [-0.25, -0.2) is 0 Å². The van der Waals surface area contributed by atoms with Crippen LogP contribution in [0.15, 0.2) is 11.2 Å². The van der Waals surface area contributed by atoms with Crippen molar-refractivity contribution in [3.05, 3.63) is 11.9 Å². The number of nitrogens with one attached hydrogen (secondary N) is 1. The number of hydrogen-bond donors (Lipinski definition) is 1. The Balaban J connectivity index is 2.17. The van der Waals surface area contributed by atoms with E-state index in [1.165, 1.54) is 17.3 Å². The summed E-state index contributed by atoms with van der Waals surface area (Å²) in [5.41, 5.74) is 2.13. The SMILES string of the molecule is C#CCSc1nsnc1C1=CNCN(C)C1. The Morgan fingerprint density at radius 3 is 3.31 bits per heavy atom. The average molecular weight is 252 g/mol. The van der Waals surface area contributed by atoms with Crippen LogP contribution in [-0.4, -0.2) is 39.7 Å². The third-order valence-corrected chi connectivity index (χ3v) is 3.65. The van der Waals surface area contributed by atoms with E-state index in [2.05, 4.69) is 31.9 Å². The molecule has 1 aliphatic rings. The first-order valence-electron chi connectivity index (χ1n) is 4.81. The molecule has 0 bridgehead atoms. The van der Waals surface area contributed by atoms with Gasteiger partial charge in [-0.15, -0.1) is 6.42 Å². The molecule has 1 aliphatic heterocycles. The topological polar surface area (TPSA) is 41.1 Å². The standard InChI is InChI=1S/C10H12N4S2/c1-3-4-15-10-9(12-16-13-10)8-5-11-7-14(2)6-8/h1,5,11H,4,6-7H2,2H3. The maximum Gasteiger partial charge on any atom is 0.139 e. The Hall–Kier alpha value is -1.03. The zero-order valence-corrected chi connectivity index (χ0v) is 10.6. The third-order valence-electron chi connectivity index (χ3n) is 2.13. The van der Waals surface area contributed by atoms with Crippen LogP contribution in [0.3, 0.4) is 0 Å². The molecule has 2 heterocycles. The Morgan fingerprint density at radius 2 is 2.56 bits per heavy atom. The molecule has 84 valence electrons. The van der Waals surface area contributed by atoms with Crippen LogP contribution in [0.1, 0.15) is 5.69 Å². The molecule has 0 radical (unpaired) electrons. The summed E-state index contributed by atoms with van der Waals surface area (Å²) < 4.78 is 8.60.